The van der Waals surface area contributed by atoms with Gasteiger partial charge in [-0.05, 0) is 32.8 Å². The number of aryl methyl sites for hydroxylation is 3. The molecule has 1 saturated carbocycles. The Morgan fingerprint density at radius 1 is 1.27 bits per heavy atom. The van der Waals surface area contributed by atoms with Crippen LogP contribution in [0.5, 0.6) is 0 Å². The van der Waals surface area contributed by atoms with Crippen molar-refractivity contribution < 1.29 is 8.42 Å². The van der Waals surface area contributed by atoms with Crippen LogP contribution in [-0.2, 0) is 17.1 Å². The number of anilines is 1. The number of nitrogens with zero attached hydrogens (tertiary/aromatic N) is 2. The molecule has 5 nitrogen and oxygen atoms in total. The first-order chi connectivity index (χ1) is 10.4. The van der Waals surface area contributed by atoms with Gasteiger partial charge in [0.1, 0.15) is 10.7 Å². The average Bonchev–Trinajstić information content (AvgIpc) is 3.11. The summed E-state index contributed by atoms with van der Waals surface area (Å²) >= 11 is 1.49. The van der Waals surface area contributed by atoms with Crippen molar-refractivity contribution in [3.63, 3.8) is 0 Å². The molecule has 120 valence electrons. The molecule has 3 rings (SSSR count). The molecule has 2 aromatic rings. The molecule has 2 aromatic heterocycles. The quantitative estimate of drug-likeness (QED) is 0.926. The molecule has 7 heteroatoms. The molecule has 0 saturated heterocycles. The highest BCUT2D eigenvalue weighted by atomic mass is 32.2. The smallest absolute Gasteiger partial charge is 0.264 e. The van der Waals surface area contributed by atoms with E-state index in [2.05, 4.69) is 9.82 Å². The van der Waals surface area contributed by atoms with Crippen molar-refractivity contribution in [2.45, 2.75) is 50.3 Å². The maximum absolute atomic E-state index is 12.6. The van der Waals surface area contributed by atoms with Crippen LogP contribution in [-0.4, -0.2) is 18.2 Å². The summed E-state index contributed by atoms with van der Waals surface area (Å²) < 4.78 is 29.5. The van der Waals surface area contributed by atoms with Gasteiger partial charge in [0.2, 0.25) is 0 Å². The first-order valence-corrected chi connectivity index (χ1v) is 9.80. The van der Waals surface area contributed by atoms with Gasteiger partial charge < -0.3 is 0 Å². The van der Waals surface area contributed by atoms with E-state index in [9.17, 15) is 8.42 Å². The van der Waals surface area contributed by atoms with Crippen LogP contribution in [0.1, 0.15) is 47.0 Å². The Hall–Kier alpha value is -1.34. The molecule has 1 fully saturated rings. The summed E-state index contributed by atoms with van der Waals surface area (Å²) in [4.78, 5) is 2.16. The Kier molecular flexibility index (Phi) is 4.03. The van der Waals surface area contributed by atoms with Gasteiger partial charge in [0.15, 0.2) is 0 Å². The lowest BCUT2D eigenvalue weighted by Crippen LogP contribution is -2.15. The van der Waals surface area contributed by atoms with E-state index in [0.29, 0.717) is 16.6 Å². The van der Waals surface area contributed by atoms with E-state index in [4.69, 9.17) is 0 Å². The minimum atomic E-state index is -3.56. The zero-order valence-electron chi connectivity index (χ0n) is 13.1. The summed E-state index contributed by atoms with van der Waals surface area (Å²) in [5, 5.41) is 4.49. The van der Waals surface area contributed by atoms with Crippen molar-refractivity contribution in [3.05, 3.63) is 27.6 Å². The Labute approximate surface area is 135 Å². The Balaban J connectivity index is 1.87. The van der Waals surface area contributed by atoms with Crippen LogP contribution in [0, 0.1) is 13.8 Å². The molecule has 0 unspecified atom stereocenters. The van der Waals surface area contributed by atoms with Crippen molar-refractivity contribution in [3.8, 4) is 0 Å². The van der Waals surface area contributed by atoms with Crippen molar-refractivity contribution in [2.75, 3.05) is 4.72 Å². The number of nitrogens with one attached hydrogen (secondary N) is 1. The van der Waals surface area contributed by atoms with Crippen LogP contribution >= 0.6 is 11.3 Å². The lowest BCUT2D eigenvalue weighted by molar-refractivity contribution is 0.600. The van der Waals surface area contributed by atoms with Crippen LogP contribution in [0.2, 0.25) is 0 Å². The van der Waals surface area contributed by atoms with Gasteiger partial charge in [-0.3, -0.25) is 9.40 Å². The van der Waals surface area contributed by atoms with Gasteiger partial charge in [-0.15, -0.1) is 11.3 Å². The van der Waals surface area contributed by atoms with Crippen molar-refractivity contribution in [1.82, 2.24) is 9.78 Å². The molecule has 22 heavy (non-hydrogen) atoms. The fourth-order valence-electron chi connectivity index (χ4n) is 3.07. The van der Waals surface area contributed by atoms with Crippen molar-refractivity contribution >= 4 is 27.2 Å². The molecule has 0 atom stereocenters. The summed E-state index contributed by atoms with van der Waals surface area (Å²) in [6, 6.07) is 3.60. The highest BCUT2D eigenvalue weighted by Gasteiger charge is 2.24. The highest BCUT2D eigenvalue weighted by Crippen LogP contribution is 2.34. The van der Waals surface area contributed by atoms with Gasteiger partial charge in [0.25, 0.3) is 10.0 Å². The van der Waals surface area contributed by atoms with E-state index < -0.39 is 10.0 Å². The van der Waals surface area contributed by atoms with Crippen LogP contribution in [0.25, 0.3) is 0 Å². The average molecular weight is 339 g/mol. The number of thiophene rings is 1. The van der Waals surface area contributed by atoms with Crippen molar-refractivity contribution in [1.29, 1.82) is 0 Å². The van der Waals surface area contributed by atoms with E-state index in [1.54, 1.807) is 17.8 Å². The summed E-state index contributed by atoms with van der Waals surface area (Å²) in [6.07, 6.45) is 4.75. The molecule has 1 N–H and O–H groups in total. The number of aromatic nitrogens is 2. The molecule has 0 radical (unpaired) electrons. The van der Waals surface area contributed by atoms with Crippen molar-refractivity contribution in [2.24, 2.45) is 7.05 Å². The molecule has 1 aliphatic carbocycles. The van der Waals surface area contributed by atoms with E-state index in [-0.39, 0.29) is 0 Å². The zero-order valence-corrected chi connectivity index (χ0v) is 14.7. The standard InChI is InChI=1S/C15H21N3O2S2/c1-10-8-14(11(2)21-10)22(19,20)17-15-9-13(16-18(15)3)12-6-4-5-7-12/h8-9,12,17H,4-7H2,1-3H3. The number of rotatable bonds is 4. The largest absolute Gasteiger partial charge is 0.264 e. The van der Waals surface area contributed by atoms with Gasteiger partial charge >= 0.3 is 0 Å². The molecule has 0 amide bonds. The second-order valence-electron chi connectivity index (χ2n) is 5.94. The second-order valence-corrected chi connectivity index (χ2v) is 9.05. The maximum atomic E-state index is 12.6. The summed E-state index contributed by atoms with van der Waals surface area (Å²) in [6.45, 7) is 3.75. The van der Waals surface area contributed by atoms with E-state index >= 15 is 0 Å². The van der Waals surface area contributed by atoms with Crippen LogP contribution < -0.4 is 4.72 Å². The highest BCUT2D eigenvalue weighted by molar-refractivity contribution is 7.93. The fraction of sp³-hybridized carbons (Fsp3) is 0.533. The predicted molar refractivity (Wildman–Crippen MR) is 89.0 cm³/mol. The topological polar surface area (TPSA) is 64.0 Å². The number of hydrogen-bond acceptors (Lipinski definition) is 4. The van der Waals surface area contributed by atoms with E-state index in [0.717, 1.165) is 28.3 Å². The molecule has 0 spiro atoms. The maximum Gasteiger partial charge on any atom is 0.264 e. The minimum Gasteiger partial charge on any atom is -0.264 e. The van der Waals surface area contributed by atoms with Crippen LogP contribution in [0.3, 0.4) is 0 Å². The molecule has 0 bridgehead atoms. The van der Waals surface area contributed by atoms with E-state index in [1.165, 1.54) is 24.2 Å². The summed E-state index contributed by atoms with van der Waals surface area (Å²) in [5.41, 5.74) is 0.996. The third kappa shape index (κ3) is 2.92. The van der Waals surface area contributed by atoms with Crippen LogP contribution in [0.4, 0.5) is 5.82 Å². The first kappa shape index (κ1) is 15.6. The zero-order chi connectivity index (χ0) is 15.9. The molecular formula is C15H21N3O2S2. The van der Waals surface area contributed by atoms with E-state index in [1.807, 2.05) is 19.9 Å². The number of sulfonamides is 1. The summed E-state index contributed by atoms with van der Waals surface area (Å²) in [7, 11) is -1.78. The third-order valence-corrected chi connectivity index (χ3v) is 6.77. The molecular weight excluding hydrogens is 318 g/mol. The number of hydrogen-bond donors (Lipinski definition) is 1. The second kappa shape index (κ2) is 5.70. The van der Waals surface area contributed by atoms with Crippen LogP contribution in [0.15, 0.2) is 17.0 Å². The normalized spacial score (nSPS) is 16.3. The van der Waals surface area contributed by atoms with Gasteiger partial charge in [-0.25, -0.2) is 8.42 Å². The summed E-state index contributed by atoms with van der Waals surface area (Å²) in [5.74, 6) is 1.000. The van der Waals surface area contributed by atoms with Gasteiger partial charge in [0.05, 0.1) is 5.69 Å². The monoisotopic (exact) mass is 339 g/mol. The van der Waals surface area contributed by atoms with Gasteiger partial charge in [-0.1, -0.05) is 12.8 Å². The third-order valence-electron chi connectivity index (χ3n) is 4.20. The molecule has 0 aromatic carbocycles. The Morgan fingerprint density at radius 3 is 2.55 bits per heavy atom. The molecule has 2 heterocycles. The lowest BCUT2D eigenvalue weighted by atomic mass is 10.1. The first-order valence-electron chi connectivity index (χ1n) is 7.50. The van der Waals surface area contributed by atoms with Gasteiger partial charge in [-0.2, -0.15) is 5.10 Å². The fourth-order valence-corrected chi connectivity index (χ4v) is 5.71. The molecule has 0 aliphatic heterocycles. The minimum absolute atomic E-state index is 0.360. The lowest BCUT2D eigenvalue weighted by Gasteiger charge is -2.07. The van der Waals surface area contributed by atoms with Gasteiger partial charge in [0, 0.05) is 28.8 Å². The molecule has 1 aliphatic rings. The SMILES string of the molecule is Cc1cc(S(=O)(=O)Nc2cc(C3CCCC3)nn2C)c(C)s1. The Bertz CT molecular complexity index is 784. The predicted octanol–water partition coefficient (Wildman–Crippen LogP) is 3.56. The Morgan fingerprint density at radius 2 is 1.95 bits per heavy atom.